The van der Waals surface area contributed by atoms with Gasteiger partial charge in [0, 0.05) is 56.1 Å². The average molecular weight is 514 g/mol. The van der Waals surface area contributed by atoms with Crippen LogP contribution < -0.4 is 10.2 Å². The monoisotopic (exact) mass is 513 g/mol. The van der Waals surface area contributed by atoms with Gasteiger partial charge in [-0.15, -0.1) is 0 Å². The maximum Gasteiger partial charge on any atom is 0.211 e. The summed E-state index contributed by atoms with van der Waals surface area (Å²) in [4.78, 5) is 17.1. The lowest BCUT2D eigenvalue weighted by Crippen LogP contribution is -2.44. The number of aromatic nitrogens is 2. The first-order valence-corrected chi connectivity index (χ1v) is 15.1. The Kier molecular flexibility index (Phi) is 7.76. The molecule has 0 amide bonds. The second-order valence-corrected chi connectivity index (χ2v) is 12.3. The fraction of sp³-hybridized carbons (Fsp3) is 0.615. The number of nitrogens with zero attached hydrogens (tertiary/aromatic N) is 6. The summed E-state index contributed by atoms with van der Waals surface area (Å²) in [5, 5.41) is 3.57. The van der Waals surface area contributed by atoms with Crippen LogP contribution in [0, 0.1) is 0 Å². The fourth-order valence-electron chi connectivity index (χ4n) is 5.37. The second kappa shape index (κ2) is 11.0. The minimum absolute atomic E-state index is 0.297. The Morgan fingerprint density at radius 3 is 2.36 bits per heavy atom. The number of piperazine rings is 1. The van der Waals surface area contributed by atoms with Gasteiger partial charge in [-0.05, 0) is 76.6 Å². The highest BCUT2D eigenvalue weighted by Gasteiger charge is 2.27. The van der Waals surface area contributed by atoms with E-state index >= 15 is 0 Å². The van der Waals surface area contributed by atoms with Gasteiger partial charge in [-0.1, -0.05) is 0 Å². The van der Waals surface area contributed by atoms with Crippen LogP contribution in [0.4, 0.5) is 11.5 Å². The molecule has 36 heavy (non-hydrogen) atoms. The molecule has 0 aliphatic carbocycles. The molecule has 3 aliphatic rings. The van der Waals surface area contributed by atoms with E-state index in [0.717, 1.165) is 68.3 Å². The normalized spacial score (nSPS) is 20.0. The molecular weight excluding hydrogens is 474 g/mol. The molecule has 0 atom stereocenters. The summed E-state index contributed by atoms with van der Waals surface area (Å²) in [6.45, 7) is 9.31. The summed E-state index contributed by atoms with van der Waals surface area (Å²) in [6.07, 6.45) is 5.57. The van der Waals surface area contributed by atoms with Crippen LogP contribution in [0.25, 0.3) is 11.4 Å². The third kappa shape index (κ3) is 5.99. The van der Waals surface area contributed by atoms with Crippen LogP contribution in [0.3, 0.4) is 0 Å². The number of likely N-dealkylation sites (tertiary alicyclic amines) is 1. The average Bonchev–Trinajstić information content (AvgIpc) is 3.40. The lowest BCUT2D eigenvalue weighted by molar-refractivity contribution is 0.313. The van der Waals surface area contributed by atoms with E-state index in [1.54, 1.807) is 0 Å². The van der Waals surface area contributed by atoms with Crippen LogP contribution in [0.5, 0.6) is 0 Å². The molecule has 1 aromatic heterocycles. The molecule has 0 spiro atoms. The molecule has 9 nitrogen and oxygen atoms in total. The molecule has 3 aliphatic heterocycles. The Morgan fingerprint density at radius 2 is 1.67 bits per heavy atom. The highest BCUT2D eigenvalue weighted by molar-refractivity contribution is 7.88. The Balaban J connectivity index is 1.36. The van der Waals surface area contributed by atoms with Gasteiger partial charge in [-0.3, -0.25) is 0 Å². The first-order chi connectivity index (χ1) is 17.4. The molecule has 1 N–H and O–H groups in total. The lowest BCUT2D eigenvalue weighted by atomic mass is 10.1. The quantitative estimate of drug-likeness (QED) is 0.538. The van der Waals surface area contributed by atoms with E-state index in [1.807, 2.05) is 0 Å². The number of benzene rings is 1. The van der Waals surface area contributed by atoms with Crippen LogP contribution in [-0.4, -0.2) is 105 Å². The fourth-order valence-corrected chi connectivity index (χ4v) is 6.15. The van der Waals surface area contributed by atoms with E-state index in [4.69, 9.17) is 9.97 Å². The Labute approximate surface area is 215 Å². The highest BCUT2D eigenvalue weighted by atomic mass is 32.2. The Hall–Kier alpha value is -2.27. The third-order valence-corrected chi connectivity index (χ3v) is 8.88. The summed E-state index contributed by atoms with van der Waals surface area (Å²) in [6, 6.07) is 8.47. The predicted molar refractivity (Wildman–Crippen MR) is 145 cm³/mol. The number of rotatable bonds is 8. The van der Waals surface area contributed by atoms with E-state index in [2.05, 4.69) is 51.3 Å². The molecule has 196 valence electrons. The largest absolute Gasteiger partial charge is 0.370 e. The third-order valence-electron chi connectivity index (χ3n) is 7.64. The van der Waals surface area contributed by atoms with Gasteiger partial charge in [-0.2, -0.15) is 4.31 Å². The Bertz CT molecular complexity index is 1140. The smallest absolute Gasteiger partial charge is 0.211 e. The van der Waals surface area contributed by atoms with E-state index in [-0.39, 0.29) is 0 Å². The molecule has 10 heteroatoms. The molecule has 0 radical (unpaired) electrons. The summed E-state index contributed by atoms with van der Waals surface area (Å²) in [5.74, 6) is 1.50. The standard InChI is InChI=1S/C26H39N7O2S/c1-30-16-18-32(19-17-30)22-8-6-21(7-9-22)25-28-24-20-33(36(2,34)35)15-10-23(24)26(29-25)27-11-5-14-31-12-3-4-13-31/h6-9H,3-5,10-20H2,1-2H3,(H,27,28,29). The van der Waals surface area contributed by atoms with Crippen LogP contribution in [0.15, 0.2) is 24.3 Å². The zero-order valence-electron chi connectivity index (χ0n) is 21.6. The summed E-state index contributed by atoms with van der Waals surface area (Å²) in [5.41, 5.74) is 4.02. The summed E-state index contributed by atoms with van der Waals surface area (Å²) >= 11 is 0. The van der Waals surface area contributed by atoms with Crippen LogP contribution in [0.2, 0.25) is 0 Å². The molecule has 0 bridgehead atoms. The lowest BCUT2D eigenvalue weighted by Gasteiger charge is -2.34. The van der Waals surface area contributed by atoms with Crippen molar-refractivity contribution in [3.05, 3.63) is 35.5 Å². The van der Waals surface area contributed by atoms with Gasteiger partial charge < -0.3 is 20.0 Å². The SMILES string of the molecule is CN1CCN(c2ccc(-c3nc4c(c(NCCCN5CCCC5)n3)CCN(S(C)(=O)=O)C4)cc2)CC1. The summed E-state index contributed by atoms with van der Waals surface area (Å²) < 4.78 is 26.0. The zero-order chi connectivity index (χ0) is 25.1. The molecule has 1 aromatic carbocycles. The first-order valence-electron chi connectivity index (χ1n) is 13.2. The molecule has 4 heterocycles. The van der Waals surface area contributed by atoms with Gasteiger partial charge >= 0.3 is 0 Å². The molecule has 0 saturated carbocycles. The van der Waals surface area contributed by atoms with Crippen molar-refractivity contribution in [3.63, 3.8) is 0 Å². The number of anilines is 2. The van der Waals surface area contributed by atoms with Crippen molar-refractivity contribution in [1.82, 2.24) is 24.1 Å². The first kappa shape index (κ1) is 25.4. The van der Waals surface area contributed by atoms with Crippen LogP contribution in [0.1, 0.15) is 30.5 Å². The molecule has 2 saturated heterocycles. The highest BCUT2D eigenvalue weighted by Crippen LogP contribution is 2.29. The maximum absolute atomic E-state index is 12.2. The van der Waals surface area contributed by atoms with Crippen molar-refractivity contribution in [2.24, 2.45) is 0 Å². The molecule has 5 rings (SSSR count). The van der Waals surface area contributed by atoms with Crippen molar-refractivity contribution in [3.8, 4) is 11.4 Å². The molecule has 0 unspecified atom stereocenters. The summed E-state index contributed by atoms with van der Waals surface area (Å²) in [7, 11) is -1.11. The number of hydrogen-bond donors (Lipinski definition) is 1. The van der Waals surface area contributed by atoms with Crippen molar-refractivity contribution in [1.29, 1.82) is 0 Å². The van der Waals surface area contributed by atoms with E-state index in [1.165, 1.54) is 42.2 Å². The van der Waals surface area contributed by atoms with Crippen molar-refractivity contribution >= 4 is 21.5 Å². The minimum Gasteiger partial charge on any atom is -0.370 e. The van der Waals surface area contributed by atoms with Crippen LogP contribution >= 0.6 is 0 Å². The van der Waals surface area contributed by atoms with E-state index < -0.39 is 10.0 Å². The van der Waals surface area contributed by atoms with Gasteiger partial charge in [0.15, 0.2) is 5.82 Å². The van der Waals surface area contributed by atoms with Gasteiger partial charge in [-0.25, -0.2) is 18.4 Å². The van der Waals surface area contributed by atoms with Gasteiger partial charge in [0.1, 0.15) is 5.82 Å². The Morgan fingerprint density at radius 1 is 0.944 bits per heavy atom. The predicted octanol–water partition coefficient (Wildman–Crippen LogP) is 2.11. The number of fused-ring (bicyclic) bond motifs is 1. The number of hydrogen-bond acceptors (Lipinski definition) is 8. The van der Waals surface area contributed by atoms with Crippen molar-refractivity contribution < 1.29 is 8.42 Å². The van der Waals surface area contributed by atoms with Crippen molar-refractivity contribution in [2.75, 3.05) is 82.4 Å². The van der Waals surface area contributed by atoms with Gasteiger partial charge in [0.2, 0.25) is 10.0 Å². The van der Waals surface area contributed by atoms with Crippen LogP contribution in [-0.2, 0) is 23.0 Å². The number of nitrogens with one attached hydrogen (secondary N) is 1. The van der Waals surface area contributed by atoms with Gasteiger partial charge in [0.25, 0.3) is 0 Å². The second-order valence-electron chi connectivity index (χ2n) is 10.3. The van der Waals surface area contributed by atoms with Gasteiger partial charge in [0.05, 0.1) is 18.5 Å². The topological polar surface area (TPSA) is 84.9 Å². The van der Waals surface area contributed by atoms with E-state index in [9.17, 15) is 8.42 Å². The maximum atomic E-state index is 12.2. The minimum atomic E-state index is -3.27. The molecule has 2 aromatic rings. The zero-order valence-corrected chi connectivity index (χ0v) is 22.4. The number of sulfonamides is 1. The number of likely N-dealkylation sites (N-methyl/N-ethyl adjacent to an activating group) is 1. The van der Waals surface area contributed by atoms with E-state index in [0.29, 0.717) is 25.3 Å². The van der Waals surface area contributed by atoms with Crippen molar-refractivity contribution in [2.45, 2.75) is 32.2 Å². The molecular formula is C26H39N7O2S. The molecule has 2 fully saturated rings.